The minimum Gasteiger partial charge on any atom is -0.345 e. The normalized spacial score (nSPS) is 12.0. The van der Waals surface area contributed by atoms with E-state index in [4.69, 9.17) is 0 Å². The summed E-state index contributed by atoms with van der Waals surface area (Å²) in [5.41, 5.74) is 5.77. The van der Waals surface area contributed by atoms with Gasteiger partial charge >= 0.3 is 0 Å². The lowest BCUT2D eigenvalue weighted by molar-refractivity contribution is 0.769. The van der Waals surface area contributed by atoms with Crippen molar-refractivity contribution < 1.29 is 0 Å². The van der Waals surface area contributed by atoms with E-state index in [2.05, 4.69) is 46.6 Å². The van der Waals surface area contributed by atoms with E-state index in [-0.39, 0.29) is 0 Å². The lowest BCUT2D eigenvalue weighted by atomic mass is 10.1. The number of imidazole rings is 1. The molecule has 0 spiro atoms. The van der Waals surface area contributed by atoms with E-state index in [9.17, 15) is 5.26 Å². The average molecular weight is 326 g/mol. The van der Waals surface area contributed by atoms with Crippen LogP contribution in [0.2, 0.25) is 0 Å². The highest BCUT2D eigenvalue weighted by molar-refractivity contribution is 5.99. The van der Waals surface area contributed by atoms with Crippen LogP contribution in [0.4, 0.5) is 0 Å². The first kappa shape index (κ1) is 15.2. The molecule has 0 unspecified atom stereocenters. The zero-order valence-corrected chi connectivity index (χ0v) is 14.2. The smallest absolute Gasteiger partial charge is 0.149 e. The second-order valence-electron chi connectivity index (χ2n) is 6.03. The van der Waals surface area contributed by atoms with Crippen LogP contribution < -0.4 is 0 Å². The maximum Gasteiger partial charge on any atom is 0.149 e. The lowest BCUT2D eigenvalue weighted by Gasteiger charge is -2.03. The molecule has 2 heterocycles. The molecule has 4 nitrogen and oxygen atoms in total. The van der Waals surface area contributed by atoms with Crippen LogP contribution in [0.1, 0.15) is 24.0 Å². The van der Waals surface area contributed by atoms with Crippen LogP contribution in [-0.2, 0) is 6.54 Å². The first-order chi connectivity index (χ1) is 12.2. The van der Waals surface area contributed by atoms with Gasteiger partial charge in [0.2, 0.25) is 0 Å². The molecular weight excluding hydrogens is 308 g/mol. The molecule has 0 saturated heterocycles. The summed E-state index contributed by atoms with van der Waals surface area (Å²) >= 11 is 0. The molecule has 0 atom stereocenters. The molecule has 25 heavy (non-hydrogen) atoms. The van der Waals surface area contributed by atoms with E-state index in [1.807, 2.05) is 42.5 Å². The highest BCUT2D eigenvalue weighted by Crippen LogP contribution is 2.29. The predicted octanol–water partition coefficient (Wildman–Crippen LogP) is 4.91. The molecule has 0 aliphatic rings. The van der Waals surface area contributed by atoms with Crippen molar-refractivity contribution in [1.29, 1.82) is 5.26 Å². The number of nitrogens with zero attached hydrogens (tertiary/aromatic N) is 3. The van der Waals surface area contributed by atoms with Crippen molar-refractivity contribution in [3.05, 3.63) is 65.6 Å². The quantitative estimate of drug-likeness (QED) is 0.544. The zero-order valence-electron chi connectivity index (χ0n) is 14.2. The molecule has 4 rings (SSSR count). The molecule has 122 valence electrons. The van der Waals surface area contributed by atoms with Gasteiger partial charge in [-0.1, -0.05) is 30.3 Å². The lowest BCUT2D eigenvalue weighted by Crippen LogP contribution is -1.96. The molecule has 0 radical (unpaired) electrons. The maximum absolute atomic E-state index is 9.71. The Morgan fingerprint density at radius 2 is 1.96 bits per heavy atom. The zero-order chi connectivity index (χ0) is 17.4. The first-order valence-corrected chi connectivity index (χ1v) is 8.37. The highest BCUT2D eigenvalue weighted by Gasteiger charge is 2.14. The Kier molecular flexibility index (Phi) is 3.62. The van der Waals surface area contributed by atoms with E-state index in [1.54, 1.807) is 0 Å². The van der Waals surface area contributed by atoms with Crippen molar-refractivity contribution in [2.24, 2.45) is 0 Å². The minimum absolute atomic E-state index is 0.540. The van der Waals surface area contributed by atoms with Gasteiger partial charge in [0.25, 0.3) is 0 Å². The van der Waals surface area contributed by atoms with E-state index in [0.29, 0.717) is 11.4 Å². The highest BCUT2D eigenvalue weighted by atomic mass is 15.0. The number of hydrogen-bond donors (Lipinski definition) is 1. The summed E-state index contributed by atoms with van der Waals surface area (Å²) in [4.78, 5) is 7.81. The van der Waals surface area contributed by atoms with E-state index in [0.717, 1.165) is 34.2 Å². The Morgan fingerprint density at radius 1 is 1.20 bits per heavy atom. The third-order valence-electron chi connectivity index (χ3n) is 4.65. The first-order valence-electron chi connectivity index (χ1n) is 8.37. The summed E-state index contributed by atoms with van der Waals surface area (Å²) in [6.07, 6.45) is 1.95. The van der Waals surface area contributed by atoms with Gasteiger partial charge in [-0.05, 0) is 38.1 Å². The van der Waals surface area contributed by atoms with E-state index in [1.165, 1.54) is 5.52 Å². The van der Waals surface area contributed by atoms with Gasteiger partial charge in [0.1, 0.15) is 11.9 Å². The number of para-hydroxylation sites is 3. The molecule has 1 N–H and O–H groups in total. The van der Waals surface area contributed by atoms with Crippen molar-refractivity contribution in [3.63, 3.8) is 0 Å². The number of hydrogen-bond acceptors (Lipinski definition) is 2. The van der Waals surface area contributed by atoms with Crippen LogP contribution in [0, 0.1) is 18.3 Å². The van der Waals surface area contributed by atoms with Gasteiger partial charge in [0, 0.05) is 28.7 Å². The molecule has 2 aromatic carbocycles. The molecule has 2 aromatic heterocycles. The Bertz CT molecular complexity index is 1120. The number of aryl methyl sites for hydroxylation is 1. The minimum atomic E-state index is 0.540. The number of H-pyrrole nitrogens is 1. The topological polar surface area (TPSA) is 57.4 Å². The van der Waals surface area contributed by atoms with Gasteiger partial charge in [-0.2, -0.15) is 5.26 Å². The number of rotatable bonds is 3. The van der Waals surface area contributed by atoms with Crippen molar-refractivity contribution in [1.82, 2.24) is 14.5 Å². The van der Waals surface area contributed by atoms with Crippen LogP contribution in [-0.4, -0.2) is 14.5 Å². The molecule has 0 bridgehead atoms. The van der Waals surface area contributed by atoms with Crippen molar-refractivity contribution in [2.45, 2.75) is 20.4 Å². The molecule has 0 amide bonds. The fraction of sp³-hybridized carbons (Fsp3) is 0.143. The van der Waals surface area contributed by atoms with Gasteiger partial charge < -0.3 is 9.55 Å². The van der Waals surface area contributed by atoms with Crippen molar-refractivity contribution >= 4 is 33.6 Å². The Hall–Kier alpha value is -3.32. The summed E-state index contributed by atoms with van der Waals surface area (Å²) in [7, 11) is 0. The Balaban J connectivity index is 1.93. The SMILES string of the molecule is CCn1c(C)c(/C=C(\C#N)c2nc3ccccc3[nH]2)c2ccccc21. The second-order valence-corrected chi connectivity index (χ2v) is 6.03. The van der Waals surface area contributed by atoms with Gasteiger partial charge in [-0.25, -0.2) is 4.98 Å². The molecule has 0 fully saturated rings. The summed E-state index contributed by atoms with van der Waals surface area (Å²) in [5.74, 6) is 0.608. The number of aromatic nitrogens is 3. The standard InChI is InChI=1S/C21H18N4/c1-3-25-14(2)17(16-8-4-7-11-20(16)25)12-15(13-22)21-23-18-9-5-6-10-19(18)24-21/h4-12H,3H2,1-2H3,(H,23,24)/b15-12+. The summed E-state index contributed by atoms with van der Waals surface area (Å²) in [6, 6.07) is 18.4. The molecule has 4 heteroatoms. The van der Waals surface area contributed by atoms with Crippen LogP contribution in [0.15, 0.2) is 48.5 Å². The number of benzene rings is 2. The van der Waals surface area contributed by atoms with Crippen molar-refractivity contribution in [3.8, 4) is 6.07 Å². The maximum atomic E-state index is 9.71. The second kappa shape index (κ2) is 5.95. The summed E-state index contributed by atoms with van der Waals surface area (Å²) < 4.78 is 2.27. The van der Waals surface area contributed by atoms with Gasteiger partial charge in [-0.15, -0.1) is 0 Å². The molecule has 0 aliphatic carbocycles. The molecule has 0 aliphatic heterocycles. The van der Waals surface area contributed by atoms with Gasteiger partial charge in [-0.3, -0.25) is 0 Å². The largest absolute Gasteiger partial charge is 0.345 e. The Labute approximate surface area is 146 Å². The predicted molar refractivity (Wildman–Crippen MR) is 102 cm³/mol. The van der Waals surface area contributed by atoms with Crippen LogP contribution in [0.5, 0.6) is 0 Å². The van der Waals surface area contributed by atoms with Gasteiger partial charge in [0.15, 0.2) is 0 Å². The fourth-order valence-electron chi connectivity index (χ4n) is 3.43. The number of nitrogens with one attached hydrogen (secondary N) is 1. The van der Waals surface area contributed by atoms with Crippen LogP contribution in [0.25, 0.3) is 33.6 Å². The number of aromatic amines is 1. The van der Waals surface area contributed by atoms with Gasteiger partial charge in [0.05, 0.1) is 16.6 Å². The van der Waals surface area contributed by atoms with Crippen LogP contribution in [0.3, 0.4) is 0 Å². The average Bonchev–Trinajstić information content (AvgIpc) is 3.18. The third-order valence-corrected chi connectivity index (χ3v) is 4.65. The molecule has 4 aromatic rings. The summed E-state index contributed by atoms with van der Waals surface area (Å²) in [6.45, 7) is 5.13. The Morgan fingerprint density at radius 3 is 2.72 bits per heavy atom. The molecule has 0 saturated carbocycles. The number of fused-ring (bicyclic) bond motifs is 2. The van der Waals surface area contributed by atoms with Crippen LogP contribution >= 0.6 is 0 Å². The summed E-state index contributed by atoms with van der Waals surface area (Å²) in [5, 5.41) is 10.9. The number of nitriles is 1. The van der Waals surface area contributed by atoms with E-state index >= 15 is 0 Å². The van der Waals surface area contributed by atoms with E-state index < -0.39 is 0 Å². The fourth-order valence-corrected chi connectivity index (χ4v) is 3.43. The van der Waals surface area contributed by atoms with Crippen molar-refractivity contribution in [2.75, 3.05) is 0 Å². The third kappa shape index (κ3) is 2.41. The molecular formula is C21H18N4. The monoisotopic (exact) mass is 326 g/mol. The number of allylic oxidation sites excluding steroid dienone is 1.